The number of hydrogen-bond donors (Lipinski definition) is 1. The van der Waals surface area contributed by atoms with E-state index in [1.807, 2.05) is 0 Å². The summed E-state index contributed by atoms with van der Waals surface area (Å²) in [5.74, 6) is 0. The second-order valence-electron chi connectivity index (χ2n) is 5.95. The van der Waals surface area contributed by atoms with Crippen LogP contribution >= 0.6 is 0 Å². The summed E-state index contributed by atoms with van der Waals surface area (Å²) in [5, 5.41) is 0. The van der Waals surface area contributed by atoms with E-state index < -0.39 is 0 Å². The lowest BCUT2D eigenvalue weighted by Gasteiger charge is -2.35. The maximum atomic E-state index is 6.41. The summed E-state index contributed by atoms with van der Waals surface area (Å²) >= 11 is 0. The average molecular weight is 276 g/mol. The van der Waals surface area contributed by atoms with Crippen molar-refractivity contribution in [3.05, 3.63) is 35.4 Å². The highest BCUT2D eigenvalue weighted by molar-refractivity contribution is 5.30. The molecule has 0 spiro atoms. The van der Waals surface area contributed by atoms with Crippen LogP contribution in [0.1, 0.15) is 43.4 Å². The highest BCUT2D eigenvalue weighted by atomic mass is 16.5. The molecule has 0 saturated carbocycles. The zero-order valence-corrected chi connectivity index (χ0v) is 13.0. The van der Waals surface area contributed by atoms with Gasteiger partial charge >= 0.3 is 0 Å². The molecule has 1 aliphatic heterocycles. The van der Waals surface area contributed by atoms with Crippen LogP contribution in [-0.4, -0.2) is 37.2 Å². The standard InChI is InChI=1S/C17H28N2O/c1-4-16(18)17(15-10-6-5-8-13(15)2)19(3)12-14-9-7-11-20-14/h5-6,8,10,14,16-17H,4,7,9,11-12,18H2,1-3H3. The van der Waals surface area contributed by atoms with Crippen molar-refractivity contribution in [1.29, 1.82) is 0 Å². The van der Waals surface area contributed by atoms with E-state index in [4.69, 9.17) is 10.5 Å². The number of rotatable bonds is 6. The molecule has 112 valence electrons. The lowest BCUT2D eigenvalue weighted by Crippen LogP contribution is -2.42. The van der Waals surface area contributed by atoms with Gasteiger partial charge in [0.15, 0.2) is 0 Å². The molecule has 1 aromatic rings. The van der Waals surface area contributed by atoms with Gasteiger partial charge in [0.1, 0.15) is 0 Å². The summed E-state index contributed by atoms with van der Waals surface area (Å²) in [4.78, 5) is 2.38. The molecule has 3 heteroatoms. The first-order chi connectivity index (χ1) is 9.63. The van der Waals surface area contributed by atoms with E-state index in [1.165, 1.54) is 24.0 Å². The minimum Gasteiger partial charge on any atom is -0.377 e. The van der Waals surface area contributed by atoms with E-state index in [0.717, 1.165) is 19.6 Å². The minimum absolute atomic E-state index is 0.155. The van der Waals surface area contributed by atoms with E-state index in [-0.39, 0.29) is 12.1 Å². The Balaban J connectivity index is 2.16. The van der Waals surface area contributed by atoms with E-state index in [2.05, 4.69) is 50.1 Å². The van der Waals surface area contributed by atoms with Gasteiger partial charge in [0.05, 0.1) is 6.10 Å². The number of likely N-dealkylation sites (N-methyl/N-ethyl adjacent to an activating group) is 1. The normalized spacial score (nSPS) is 22.1. The van der Waals surface area contributed by atoms with Crippen LogP contribution in [0.25, 0.3) is 0 Å². The lowest BCUT2D eigenvalue weighted by molar-refractivity contribution is 0.0627. The fourth-order valence-corrected chi connectivity index (χ4v) is 3.16. The Morgan fingerprint density at radius 1 is 1.40 bits per heavy atom. The van der Waals surface area contributed by atoms with E-state index in [0.29, 0.717) is 6.10 Å². The Morgan fingerprint density at radius 3 is 2.75 bits per heavy atom. The monoisotopic (exact) mass is 276 g/mol. The van der Waals surface area contributed by atoms with Crippen molar-refractivity contribution >= 4 is 0 Å². The first-order valence-corrected chi connectivity index (χ1v) is 7.76. The highest BCUT2D eigenvalue weighted by Crippen LogP contribution is 2.28. The number of benzene rings is 1. The van der Waals surface area contributed by atoms with E-state index >= 15 is 0 Å². The topological polar surface area (TPSA) is 38.5 Å². The molecule has 0 aromatic heterocycles. The summed E-state index contributed by atoms with van der Waals surface area (Å²) in [7, 11) is 2.17. The van der Waals surface area contributed by atoms with Crippen LogP contribution in [0.4, 0.5) is 0 Å². The molecule has 3 nitrogen and oxygen atoms in total. The van der Waals surface area contributed by atoms with E-state index in [1.54, 1.807) is 0 Å². The van der Waals surface area contributed by atoms with Gasteiger partial charge in [-0.25, -0.2) is 0 Å². The van der Waals surface area contributed by atoms with Crippen LogP contribution in [0.3, 0.4) is 0 Å². The maximum absolute atomic E-state index is 6.41. The molecule has 1 fully saturated rings. The molecule has 20 heavy (non-hydrogen) atoms. The summed E-state index contributed by atoms with van der Waals surface area (Å²) in [5.41, 5.74) is 9.08. The zero-order valence-electron chi connectivity index (χ0n) is 13.0. The van der Waals surface area contributed by atoms with E-state index in [9.17, 15) is 0 Å². The van der Waals surface area contributed by atoms with Crippen molar-refractivity contribution < 1.29 is 4.74 Å². The Morgan fingerprint density at radius 2 is 2.15 bits per heavy atom. The summed E-state index contributed by atoms with van der Waals surface area (Å²) in [6.07, 6.45) is 3.71. The van der Waals surface area contributed by atoms with Gasteiger partial charge in [-0.3, -0.25) is 4.90 Å². The molecule has 0 aliphatic carbocycles. The van der Waals surface area contributed by atoms with Gasteiger partial charge in [0.2, 0.25) is 0 Å². The smallest absolute Gasteiger partial charge is 0.0702 e. The molecule has 2 rings (SSSR count). The highest BCUT2D eigenvalue weighted by Gasteiger charge is 2.27. The third kappa shape index (κ3) is 3.60. The van der Waals surface area contributed by atoms with Gasteiger partial charge in [-0.2, -0.15) is 0 Å². The summed E-state index contributed by atoms with van der Waals surface area (Å²) < 4.78 is 5.77. The predicted molar refractivity (Wildman–Crippen MR) is 83.8 cm³/mol. The third-order valence-corrected chi connectivity index (χ3v) is 4.37. The van der Waals surface area contributed by atoms with Crippen molar-refractivity contribution in [3.63, 3.8) is 0 Å². The first kappa shape index (κ1) is 15.5. The Hall–Kier alpha value is -0.900. The molecule has 2 N–H and O–H groups in total. The maximum Gasteiger partial charge on any atom is 0.0702 e. The SMILES string of the molecule is CCC(N)C(c1ccccc1C)N(C)CC1CCCO1. The van der Waals surface area contributed by atoms with Crippen molar-refractivity contribution in [2.24, 2.45) is 5.73 Å². The van der Waals surface area contributed by atoms with Crippen molar-refractivity contribution in [1.82, 2.24) is 4.90 Å². The predicted octanol–water partition coefficient (Wildman–Crippen LogP) is 2.88. The number of nitrogens with zero attached hydrogens (tertiary/aromatic N) is 1. The van der Waals surface area contributed by atoms with Gasteiger partial charge < -0.3 is 10.5 Å². The van der Waals surface area contributed by atoms with Crippen molar-refractivity contribution in [2.75, 3.05) is 20.2 Å². The van der Waals surface area contributed by atoms with Crippen molar-refractivity contribution in [3.8, 4) is 0 Å². The second kappa shape index (κ2) is 7.21. The summed E-state index contributed by atoms with van der Waals surface area (Å²) in [6, 6.07) is 9.00. The first-order valence-electron chi connectivity index (χ1n) is 7.76. The zero-order chi connectivity index (χ0) is 14.5. The molecular weight excluding hydrogens is 248 g/mol. The molecule has 1 heterocycles. The van der Waals surface area contributed by atoms with Crippen LogP contribution in [0.15, 0.2) is 24.3 Å². The third-order valence-electron chi connectivity index (χ3n) is 4.37. The second-order valence-corrected chi connectivity index (χ2v) is 5.95. The quantitative estimate of drug-likeness (QED) is 0.868. The summed E-state index contributed by atoms with van der Waals surface area (Å²) in [6.45, 7) is 6.21. The Kier molecular flexibility index (Phi) is 5.58. The van der Waals surface area contributed by atoms with Gasteiger partial charge in [0.25, 0.3) is 0 Å². The molecule has 1 aromatic carbocycles. The Labute approximate surface area is 123 Å². The molecule has 3 atom stereocenters. The largest absolute Gasteiger partial charge is 0.377 e. The van der Waals surface area contributed by atoms with Crippen LogP contribution in [-0.2, 0) is 4.74 Å². The van der Waals surface area contributed by atoms with Crippen LogP contribution < -0.4 is 5.73 Å². The molecule has 0 bridgehead atoms. The number of hydrogen-bond acceptors (Lipinski definition) is 3. The van der Waals surface area contributed by atoms with Gasteiger partial charge in [0, 0.05) is 25.2 Å². The van der Waals surface area contributed by atoms with Crippen LogP contribution in [0.5, 0.6) is 0 Å². The number of nitrogens with two attached hydrogens (primary N) is 1. The molecule has 1 saturated heterocycles. The number of ether oxygens (including phenoxy) is 1. The Bertz CT molecular complexity index is 415. The molecule has 0 radical (unpaired) electrons. The molecule has 0 amide bonds. The van der Waals surface area contributed by atoms with Gasteiger partial charge in [-0.1, -0.05) is 31.2 Å². The van der Waals surface area contributed by atoms with Crippen LogP contribution in [0, 0.1) is 6.92 Å². The lowest BCUT2D eigenvalue weighted by atomic mass is 9.93. The fourth-order valence-electron chi connectivity index (χ4n) is 3.16. The fraction of sp³-hybridized carbons (Fsp3) is 0.647. The molecule has 3 unspecified atom stereocenters. The average Bonchev–Trinajstić information content (AvgIpc) is 2.93. The molecular formula is C17H28N2O. The van der Waals surface area contributed by atoms with Crippen molar-refractivity contribution in [2.45, 2.75) is 51.3 Å². The van der Waals surface area contributed by atoms with Gasteiger partial charge in [-0.05, 0) is 44.4 Å². The van der Waals surface area contributed by atoms with Crippen LogP contribution in [0.2, 0.25) is 0 Å². The minimum atomic E-state index is 0.155. The van der Waals surface area contributed by atoms with Gasteiger partial charge in [-0.15, -0.1) is 0 Å². The number of aryl methyl sites for hydroxylation is 1. The molecule has 1 aliphatic rings.